The SMILES string of the molecule is CCC(C(=O)OC)C1(c2ccco2)COC1. The lowest BCUT2D eigenvalue weighted by Gasteiger charge is -2.43. The number of hydrogen-bond acceptors (Lipinski definition) is 4. The molecule has 1 unspecified atom stereocenters. The number of carbonyl (C=O) groups excluding carboxylic acids is 1. The molecule has 0 aromatic carbocycles. The molecule has 0 bridgehead atoms. The molecule has 4 nitrogen and oxygen atoms in total. The Kier molecular flexibility index (Phi) is 3.01. The molecule has 0 saturated carbocycles. The van der Waals surface area contributed by atoms with Crippen molar-refractivity contribution < 1.29 is 18.7 Å². The van der Waals surface area contributed by atoms with Gasteiger partial charge in [-0.1, -0.05) is 6.92 Å². The molecule has 0 spiro atoms. The minimum Gasteiger partial charge on any atom is -0.469 e. The maximum absolute atomic E-state index is 11.8. The van der Waals surface area contributed by atoms with E-state index in [2.05, 4.69) is 0 Å². The third kappa shape index (κ3) is 1.53. The summed E-state index contributed by atoms with van der Waals surface area (Å²) in [5.74, 6) is 0.426. The van der Waals surface area contributed by atoms with Crippen LogP contribution in [0, 0.1) is 5.92 Å². The van der Waals surface area contributed by atoms with Crippen molar-refractivity contribution in [2.45, 2.75) is 18.8 Å². The third-order valence-electron chi connectivity index (χ3n) is 3.29. The van der Waals surface area contributed by atoms with E-state index in [0.29, 0.717) is 13.2 Å². The van der Waals surface area contributed by atoms with Gasteiger partial charge in [-0.2, -0.15) is 0 Å². The van der Waals surface area contributed by atoms with Crippen LogP contribution in [-0.2, 0) is 19.7 Å². The lowest BCUT2D eigenvalue weighted by Crippen LogP contribution is -2.54. The van der Waals surface area contributed by atoms with Crippen LogP contribution in [0.15, 0.2) is 22.8 Å². The molecule has 0 aliphatic carbocycles. The second kappa shape index (κ2) is 4.29. The molecule has 1 aliphatic rings. The molecule has 1 atom stereocenters. The Morgan fingerprint density at radius 2 is 2.38 bits per heavy atom. The molecule has 1 saturated heterocycles. The molecule has 4 heteroatoms. The molecular weight excluding hydrogens is 208 g/mol. The first-order valence-corrected chi connectivity index (χ1v) is 5.44. The van der Waals surface area contributed by atoms with Crippen molar-refractivity contribution in [3.8, 4) is 0 Å². The Morgan fingerprint density at radius 3 is 2.75 bits per heavy atom. The van der Waals surface area contributed by atoms with Gasteiger partial charge in [0, 0.05) is 0 Å². The molecule has 1 aromatic rings. The highest BCUT2D eigenvalue weighted by molar-refractivity contribution is 5.74. The molecule has 0 N–H and O–H groups in total. The van der Waals surface area contributed by atoms with Crippen molar-refractivity contribution in [3.63, 3.8) is 0 Å². The van der Waals surface area contributed by atoms with E-state index in [-0.39, 0.29) is 17.3 Å². The van der Waals surface area contributed by atoms with E-state index in [9.17, 15) is 4.79 Å². The fraction of sp³-hybridized carbons (Fsp3) is 0.583. The summed E-state index contributed by atoms with van der Waals surface area (Å²) in [7, 11) is 1.42. The van der Waals surface area contributed by atoms with Crippen LogP contribution in [0.5, 0.6) is 0 Å². The summed E-state index contributed by atoms with van der Waals surface area (Å²) in [5.41, 5.74) is -0.328. The third-order valence-corrected chi connectivity index (χ3v) is 3.29. The quantitative estimate of drug-likeness (QED) is 0.731. The van der Waals surface area contributed by atoms with Gasteiger partial charge in [0.05, 0.1) is 37.9 Å². The predicted molar refractivity (Wildman–Crippen MR) is 57.0 cm³/mol. The van der Waals surface area contributed by atoms with Gasteiger partial charge >= 0.3 is 5.97 Å². The molecule has 16 heavy (non-hydrogen) atoms. The summed E-state index contributed by atoms with van der Waals surface area (Å²) in [6.07, 6.45) is 2.34. The predicted octanol–water partition coefficient (Wildman–Crippen LogP) is 1.75. The van der Waals surface area contributed by atoms with E-state index >= 15 is 0 Å². The summed E-state index contributed by atoms with van der Waals surface area (Å²) >= 11 is 0. The van der Waals surface area contributed by atoms with E-state index in [1.54, 1.807) is 6.26 Å². The van der Waals surface area contributed by atoms with Gasteiger partial charge in [0.15, 0.2) is 0 Å². The van der Waals surface area contributed by atoms with Gasteiger partial charge in [-0.05, 0) is 18.6 Å². The van der Waals surface area contributed by atoms with Crippen molar-refractivity contribution >= 4 is 5.97 Å². The fourth-order valence-electron chi connectivity index (χ4n) is 2.32. The minimum absolute atomic E-state index is 0.192. The van der Waals surface area contributed by atoms with Gasteiger partial charge in [0.25, 0.3) is 0 Å². The largest absolute Gasteiger partial charge is 0.469 e. The zero-order valence-corrected chi connectivity index (χ0v) is 9.56. The number of furan rings is 1. The van der Waals surface area contributed by atoms with E-state index in [1.165, 1.54) is 7.11 Å². The van der Waals surface area contributed by atoms with E-state index in [4.69, 9.17) is 13.9 Å². The van der Waals surface area contributed by atoms with Gasteiger partial charge < -0.3 is 13.9 Å². The summed E-state index contributed by atoms with van der Waals surface area (Å²) in [6, 6.07) is 3.73. The highest BCUT2D eigenvalue weighted by Crippen LogP contribution is 2.41. The lowest BCUT2D eigenvalue weighted by molar-refractivity contribution is -0.162. The van der Waals surface area contributed by atoms with Gasteiger partial charge in [-0.15, -0.1) is 0 Å². The van der Waals surface area contributed by atoms with Crippen molar-refractivity contribution in [2.75, 3.05) is 20.3 Å². The molecule has 0 radical (unpaired) electrons. The lowest BCUT2D eigenvalue weighted by atomic mass is 9.70. The zero-order chi connectivity index (χ0) is 11.6. The van der Waals surface area contributed by atoms with Crippen LogP contribution in [0.25, 0.3) is 0 Å². The Balaban J connectivity index is 2.30. The number of esters is 1. The van der Waals surface area contributed by atoms with Crippen LogP contribution in [0.1, 0.15) is 19.1 Å². The standard InChI is InChI=1S/C12H16O4/c1-3-9(11(13)14-2)12(7-15-8-12)10-5-4-6-16-10/h4-6,9H,3,7-8H2,1-2H3. The molecule has 0 amide bonds. The second-order valence-electron chi connectivity index (χ2n) is 4.11. The number of rotatable bonds is 4. The maximum Gasteiger partial charge on any atom is 0.309 e. The summed E-state index contributed by atoms with van der Waals surface area (Å²) in [5, 5.41) is 0. The van der Waals surface area contributed by atoms with Crippen molar-refractivity contribution in [2.24, 2.45) is 5.92 Å². The summed E-state index contributed by atoms with van der Waals surface area (Å²) in [4.78, 5) is 11.8. The van der Waals surface area contributed by atoms with Crippen LogP contribution in [0.4, 0.5) is 0 Å². The first-order valence-electron chi connectivity index (χ1n) is 5.44. The minimum atomic E-state index is -0.328. The zero-order valence-electron chi connectivity index (χ0n) is 9.56. The number of hydrogen-bond donors (Lipinski definition) is 0. The van der Waals surface area contributed by atoms with Gasteiger partial charge in [0.2, 0.25) is 0 Å². The van der Waals surface area contributed by atoms with Gasteiger partial charge in [0.1, 0.15) is 5.76 Å². The topological polar surface area (TPSA) is 48.7 Å². The van der Waals surface area contributed by atoms with Gasteiger partial charge in [-0.3, -0.25) is 4.79 Å². The van der Waals surface area contributed by atoms with Crippen LogP contribution in [-0.4, -0.2) is 26.3 Å². The molecule has 1 aromatic heterocycles. The van der Waals surface area contributed by atoms with Crippen LogP contribution in [0.2, 0.25) is 0 Å². The Hall–Kier alpha value is -1.29. The molecule has 1 fully saturated rings. The molecule has 2 rings (SSSR count). The number of methoxy groups -OCH3 is 1. The fourth-order valence-corrected chi connectivity index (χ4v) is 2.32. The maximum atomic E-state index is 11.8. The van der Waals surface area contributed by atoms with E-state index in [1.807, 2.05) is 19.1 Å². The average molecular weight is 224 g/mol. The van der Waals surface area contributed by atoms with Crippen molar-refractivity contribution in [1.29, 1.82) is 0 Å². The van der Waals surface area contributed by atoms with Crippen molar-refractivity contribution in [3.05, 3.63) is 24.2 Å². The first kappa shape index (κ1) is 11.2. The number of ether oxygens (including phenoxy) is 2. The highest BCUT2D eigenvalue weighted by atomic mass is 16.5. The van der Waals surface area contributed by atoms with Crippen molar-refractivity contribution in [1.82, 2.24) is 0 Å². The molecular formula is C12H16O4. The monoisotopic (exact) mass is 224 g/mol. The Labute approximate surface area is 94.5 Å². The molecule has 2 heterocycles. The Morgan fingerprint density at radius 1 is 1.62 bits per heavy atom. The summed E-state index contributed by atoms with van der Waals surface area (Å²) in [6.45, 7) is 3.02. The van der Waals surface area contributed by atoms with Crippen LogP contribution < -0.4 is 0 Å². The second-order valence-corrected chi connectivity index (χ2v) is 4.11. The summed E-state index contributed by atoms with van der Waals surface area (Å²) < 4.78 is 15.5. The smallest absolute Gasteiger partial charge is 0.309 e. The average Bonchev–Trinajstić information content (AvgIpc) is 2.75. The Bertz CT molecular complexity index is 351. The molecule has 1 aliphatic heterocycles. The molecule has 88 valence electrons. The highest BCUT2D eigenvalue weighted by Gasteiger charge is 2.52. The van der Waals surface area contributed by atoms with Gasteiger partial charge in [-0.25, -0.2) is 0 Å². The van der Waals surface area contributed by atoms with E-state index in [0.717, 1.165) is 12.2 Å². The van der Waals surface area contributed by atoms with E-state index < -0.39 is 0 Å². The first-order chi connectivity index (χ1) is 7.74. The van der Waals surface area contributed by atoms with Crippen LogP contribution in [0.3, 0.4) is 0 Å². The number of carbonyl (C=O) groups is 1. The van der Waals surface area contributed by atoms with Crippen LogP contribution >= 0.6 is 0 Å². The normalized spacial score (nSPS) is 19.9.